The highest BCUT2D eigenvalue weighted by Crippen LogP contribution is 2.24. The summed E-state index contributed by atoms with van der Waals surface area (Å²) in [6, 6.07) is -1.19. The van der Waals surface area contributed by atoms with E-state index in [0.717, 1.165) is 44.9 Å². The van der Waals surface area contributed by atoms with Gasteiger partial charge in [-0.2, -0.15) is 0 Å². The fourth-order valence-corrected chi connectivity index (χ4v) is 10.6. The molecule has 77 heavy (non-hydrogen) atoms. The molecule has 1 fully saturated rings. The first-order chi connectivity index (χ1) is 37.7. The summed E-state index contributed by atoms with van der Waals surface area (Å²) < 4.78 is 11.2. The largest absolute Gasteiger partial charge is 0.394 e. The van der Waals surface area contributed by atoms with E-state index in [4.69, 9.17) is 9.47 Å². The molecule has 9 atom stereocenters. The van der Waals surface area contributed by atoms with Gasteiger partial charge in [0.1, 0.15) is 36.6 Å². The molecule has 11 nitrogen and oxygen atoms in total. The van der Waals surface area contributed by atoms with Crippen molar-refractivity contribution in [2.45, 2.75) is 364 Å². The molecule has 0 bridgehead atoms. The third kappa shape index (κ3) is 42.8. The maximum Gasteiger partial charge on any atom is 0.249 e. The SMILES string of the molecule is CCCCCCCCCCCCC/C=C/CC/C=C/CC/C=C/CCCC(O)C(O)C(COC1OC(CO)C(O)C(O)C1O)NC(=O)C(O)CCCCCCCCCCCCCCCCCCCCCCCCCCCC. The average Bonchev–Trinajstić information content (AvgIpc) is 3.43. The molecule has 1 amide bonds. The Morgan fingerprint density at radius 3 is 1.16 bits per heavy atom. The first-order valence-corrected chi connectivity index (χ1v) is 32.9. The maximum absolute atomic E-state index is 13.2. The highest BCUT2D eigenvalue weighted by Gasteiger charge is 2.44. The lowest BCUT2D eigenvalue weighted by atomic mass is 9.98. The Balaban J connectivity index is 2.27. The molecule has 0 spiro atoms. The van der Waals surface area contributed by atoms with Gasteiger partial charge in [0.15, 0.2) is 6.29 Å². The van der Waals surface area contributed by atoms with Crippen LogP contribution in [-0.2, 0) is 14.3 Å². The molecule has 1 saturated heterocycles. The number of amides is 1. The smallest absolute Gasteiger partial charge is 0.249 e. The minimum Gasteiger partial charge on any atom is -0.394 e. The van der Waals surface area contributed by atoms with Gasteiger partial charge >= 0.3 is 0 Å². The molecule has 0 aromatic carbocycles. The van der Waals surface area contributed by atoms with E-state index in [1.165, 1.54) is 218 Å². The summed E-state index contributed by atoms with van der Waals surface area (Å²) in [6.07, 6.45) is 57.9. The molecule has 1 aliphatic rings. The first-order valence-electron chi connectivity index (χ1n) is 32.9. The van der Waals surface area contributed by atoms with Crippen LogP contribution in [0.4, 0.5) is 0 Å². The molecule has 11 heteroatoms. The quantitative estimate of drug-likeness (QED) is 0.0215. The van der Waals surface area contributed by atoms with Gasteiger partial charge in [-0.05, 0) is 64.2 Å². The molecule has 0 aliphatic carbocycles. The Morgan fingerprint density at radius 2 is 0.779 bits per heavy atom. The molecule has 0 radical (unpaired) electrons. The number of hydrogen-bond acceptors (Lipinski definition) is 10. The number of aliphatic hydroxyl groups is 7. The number of rotatable bonds is 57. The van der Waals surface area contributed by atoms with Gasteiger partial charge < -0.3 is 50.5 Å². The minimum absolute atomic E-state index is 0.243. The van der Waals surface area contributed by atoms with Crippen LogP contribution in [0.3, 0.4) is 0 Å². The average molecular weight is 1090 g/mol. The van der Waals surface area contributed by atoms with Gasteiger partial charge in [0.2, 0.25) is 5.91 Å². The summed E-state index contributed by atoms with van der Waals surface area (Å²) in [4.78, 5) is 13.2. The van der Waals surface area contributed by atoms with Crippen molar-refractivity contribution in [3.8, 4) is 0 Å². The predicted octanol–water partition coefficient (Wildman–Crippen LogP) is 15.0. The highest BCUT2D eigenvalue weighted by molar-refractivity contribution is 5.80. The van der Waals surface area contributed by atoms with E-state index in [-0.39, 0.29) is 12.8 Å². The zero-order valence-corrected chi connectivity index (χ0v) is 50.0. The molecule has 1 heterocycles. The van der Waals surface area contributed by atoms with Gasteiger partial charge in [0, 0.05) is 0 Å². The second-order valence-electron chi connectivity index (χ2n) is 23.2. The fourth-order valence-electron chi connectivity index (χ4n) is 10.6. The monoisotopic (exact) mass is 1090 g/mol. The van der Waals surface area contributed by atoms with Crippen LogP contribution in [0, 0.1) is 0 Å². The van der Waals surface area contributed by atoms with E-state index < -0.39 is 74.2 Å². The standard InChI is InChI=1S/C66H125NO10/c1-3-5-7-9-11-13-15-17-19-21-23-25-27-29-30-32-34-36-38-40-42-44-46-48-50-52-54-59(70)65(75)67-57(56-76-66-64(74)63(73)62(72)60(55-68)77-66)61(71)58(69)53-51-49-47-45-43-41-39-37-35-33-31-28-26-24-22-20-18-16-14-12-10-8-6-4-2/h28,31,37,39,45,47,57-64,66,68-74H,3-27,29-30,32-36,38,40-44,46,48-56H2,1-2H3,(H,67,75)/b31-28+,39-37+,47-45+. The van der Waals surface area contributed by atoms with E-state index in [1.807, 2.05) is 0 Å². The third-order valence-electron chi connectivity index (χ3n) is 15.9. The molecular weight excluding hydrogens is 967 g/mol. The Kier molecular flexibility index (Phi) is 52.3. The molecule has 0 saturated carbocycles. The van der Waals surface area contributed by atoms with Crippen molar-refractivity contribution in [2.24, 2.45) is 0 Å². The van der Waals surface area contributed by atoms with E-state index in [0.29, 0.717) is 19.3 Å². The van der Waals surface area contributed by atoms with E-state index in [1.54, 1.807) is 0 Å². The molecule has 0 aromatic heterocycles. The summed E-state index contributed by atoms with van der Waals surface area (Å²) >= 11 is 0. The van der Waals surface area contributed by atoms with Gasteiger partial charge in [0.05, 0.1) is 25.4 Å². The number of hydrogen-bond donors (Lipinski definition) is 8. The highest BCUT2D eigenvalue weighted by atomic mass is 16.7. The van der Waals surface area contributed by atoms with Gasteiger partial charge in [-0.3, -0.25) is 4.79 Å². The van der Waals surface area contributed by atoms with Crippen molar-refractivity contribution in [3.63, 3.8) is 0 Å². The van der Waals surface area contributed by atoms with Crippen LogP contribution < -0.4 is 5.32 Å². The van der Waals surface area contributed by atoms with Crippen molar-refractivity contribution in [1.82, 2.24) is 5.32 Å². The molecule has 8 N–H and O–H groups in total. The second kappa shape index (κ2) is 54.9. The number of carbonyl (C=O) groups excluding carboxylic acids is 1. The number of allylic oxidation sites excluding steroid dienone is 6. The van der Waals surface area contributed by atoms with Gasteiger partial charge in [-0.1, -0.05) is 281 Å². The zero-order valence-electron chi connectivity index (χ0n) is 50.0. The van der Waals surface area contributed by atoms with Crippen LogP contribution >= 0.6 is 0 Å². The molecule has 1 aliphatic heterocycles. The Hall–Kier alpha value is -1.67. The fraction of sp³-hybridized carbons (Fsp3) is 0.894. The normalized spacial score (nSPS) is 19.7. The lowest BCUT2D eigenvalue weighted by Crippen LogP contribution is -2.60. The van der Waals surface area contributed by atoms with Crippen LogP contribution in [0.5, 0.6) is 0 Å². The Morgan fingerprint density at radius 1 is 0.442 bits per heavy atom. The van der Waals surface area contributed by atoms with E-state index in [9.17, 15) is 40.5 Å². The summed E-state index contributed by atoms with van der Waals surface area (Å²) in [5.41, 5.74) is 0. The van der Waals surface area contributed by atoms with Gasteiger partial charge in [-0.25, -0.2) is 0 Å². The number of unbranched alkanes of at least 4 members (excludes halogenated alkanes) is 39. The number of carbonyl (C=O) groups is 1. The van der Waals surface area contributed by atoms with E-state index in [2.05, 4.69) is 55.6 Å². The van der Waals surface area contributed by atoms with Crippen LogP contribution in [0.2, 0.25) is 0 Å². The third-order valence-corrected chi connectivity index (χ3v) is 15.9. The number of nitrogens with one attached hydrogen (secondary N) is 1. The molecule has 1 rings (SSSR count). The Bertz CT molecular complexity index is 1350. The van der Waals surface area contributed by atoms with Crippen molar-refractivity contribution in [2.75, 3.05) is 13.2 Å². The second-order valence-corrected chi connectivity index (χ2v) is 23.2. The topological polar surface area (TPSA) is 189 Å². The zero-order chi connectivity index (χ0) is 56.1. The minimum atomic E-state index is -1.67. The predicted molar refractivity (Wildman–Crippen MR) is 321 cm³/mol. The lowest BCUT2D eigenvalue weighted by molar-refractivity contribution is -0.303. The van der Waals surface area contributed by atoms with E-state index >= 15 is 0 Å². The Labute approximate surface area is 473 Å². The summed E-state index contributed by atoms with van der Waals surface area (Å²) in [7, 11) is 0. The summed E-state index contributed by atoms with van der Waals surface area (Å²) in [5, 5.41) is 76.3. The van der Waals surface area contributed by atoms with Crippen LogP contribution in [0.25, 0.3) is 0 Å². The maximum atomic E-state index is 13.2. The van der Waals surface area contributed by atoms with Crippen LogP contribution in [0.1, 0.15) is 309 Å². The molecule has 0 aromatic rings. The van der Waals surface area contributed by atoms with Gasteiger partial charge in [0.25, 0.3) is 0 Å². The summed E-state index contributed by atoms with van der Waals surface area (Å²) in [6.45, 7) is 3.48. The van der Waals surface area contributed by atoms with Crippen molar-refractivity contribution >= 4 is 5.91 Å². The molecule has 9 unspecified atom stereocenters. The number of ether oxygens (including phenoxy) is 2. The van der Waals surface area contributed by atoms with Crippen LogP contribution in [-0.4, -0.2) is 110 Å². The first kappa shape index (κ1) is 73.3. The van der Waals surface area contributed by atoms with Gasteiger partial charge in [-0.15, -0.1) is 0 Å². The van der Waals surface area contributed by atoms with Crippen molar-refractivity contribution < 1.29 is 50.0 Å². The molecular formula is C66H125NO10. The van der Waals surface area contributed by atoms with Crippen LogP contribution in [0.15, 0.2) is 36.5 Å². The lowest BCUT2D eigenvalue weighted by Gasteiger charge is -2.40. The summed E-state index contributed by atoms with van der Waals surface area (Å²) in [5.74, 6) is -0.707. The molecule has 454 valence electrons. The van der Waals surface area contributed by atoms with Crippen molar-refractivity contribution in [3.05, 3.63) is 36.5 Å². The van der Waals surface area contributed by atoms with Crippen molar-refractivity contribution in [1.29, 1.82) is 0 Å². The number of aliphatic hydroxyl groups excluding tert-OH is 7.